The number of amides is 1. The normalized spacial score (nSPS) is 23.2. The van der Waals surface area contributed by atoms with Crippen LogP contribution in [0, 0.1) is 11.3 Å². The van der Waals surface area contributed by atoms with E-state index >= 15 is 0 Å². The quantitative estimate of drug-likeness (QED) is 0.709. The van der Waals surface area contributed by atoms with Gasteiger partial charge in [0.2, 0.25) is 0 Å². The first-order valence-corrected chi connectivity index (χ1v) is 10.4. The molecule has 5 heteroatoms. The molecule has 0 N–H and O–H groups in total. The molecule has 3 aliphatic rings. The standard InChI is InChI=1S/C23H29N3O2/c1-22(2,3)28-21(27)25-13-23(14-25)10-8-16(9-11-23)20-18-7-5-4-6-17(18)19-12-24-15-26(19)20/h4-7,12,15-16,20H,8-11,13-14H2,1-3H3. The molecule has 1 aromatic heterocycles. The van der Waals surface area contributed by atoms with Gasteiger partial charge in [0.15, 0.2) is 0 Å². The molecule has 1 aliphatic carbocycles. The molecule has 2 fully saturated rings. The number of carbonyl (C=O) groups excluding carboxylic acids is 1. The van der Waals surface area contributed by atoms with Crippen LogP contribution >= 0.6 is 0 Å². The van der Waals surface area contributed by atoms with Crippen LogP contribution in [0.2, 0.25) is 0 Å². The van der Waals surface area contributed by atoms with E-state index in [2.05, 4.69) is 33.8 Å². The van der Waals surface area contributed by atoms with Crippen molar-refractivity contribution < 1.29 is 9.53 Å². The molecule has 1 saturated carbocycles. The largest absolute Gasteiger partial charge is 0.444 e. The second-order valence-corrected chi connectivity index (χ2v) is 9.89. The lowest BCUT2D eigenvalue weighted by Crippen LogP contribution is -2.60. The first-order chi connectivity index (χ1) is 13.4. The number of rotatable bonds is 1. The molecule has 5 rings (SSSR count). The fraction of sp³-hybridized carbons (Fsp3) is 0.565. The lowest BCUT2D eigenvalue weighted by Gasteiger charge is -2.53. The molecule has 28 heavy (non-hydrogen) atoms. The highest BCUT2D eigenvalue weighted by Crippen LogP contribution is 2.52. The Bertz CT molecular complexity index is 895. The van der Waals surface area contributed by atoms with Crippen molar-refractivity contribution in [3.05, 3.63) is 42.4 Å². The third kappa shape index (κ3) is 2.83. The summed E-state index contributed by atoms with van der Waals surface area (Å²) in [6, 6.07) is 9.19. The topological polar surface area (TPSA) is 47.4 Å². The summed E-state index contributed by atoms with van der Waals surface area (Å²) in [7, 11) is 0. The third-order valence-corrected chi connectivity index (χ3v) is 6.76. The van der Waals surface area contributed by atoms with Crippen molar-refractivity contribution >= 4 is 6.09 Å². The number of carbonyl (C=O) groups is 1. The van der Waals surface area contributed by atoms with Gasteiger partial charge >= 0.3 is 6.09 Å². The minimum Gasteiger partial charge on any atom is -0.444 e. The maximum Gasteiger partial charge on any atom is 0.410 e. The number of fused-ring (bicyclic) bond motifs is 3. The van der Waals surface area contributed by atoms with Gasteiger partial charge in [0, 0.05) is 24.1 Å². The summed E-state index contributed by atoms with van der Waals surface area (Å²) >= 11 is 0. The molecule has 0 bridgehead atoms. The van der Waals surface area contributed by atoms with E-state index in [1.807, 2.05) is 38.2 Å². The number of hydrogen-bond donors (Lipinski definition) is 0. The minimum absolute atomic E-state index is 0.159. The van der Waals surface area contributed by atoms with Crippen LogP contribution in [0.1, 0.15) is 58.1 Å². The Morgan fingerprint density at radius 2 is 1.89 bits per heavy atom. The van der Waals surface area contributed by atoms with Gasteiger partial charge < -0.3 is 14.2 Å². The van der Waals surface area contributed by atoms with Crippen LogP contribution < -0.4 is 0 Å². The van der Waals surface area contributed by atoms with Gasteiger partial charge in [-0.2, -0.15) is 0 Å². The Labute approximate surface area is 166 Å². The molecule has 1 atom stereocenters. The van der Waals surface area contributed by atoms with Crippen molar-refractivity contribution in [3.63, 3.8) is 0 Å². The van der Waals surface area contributed by atoms with Crippen molar-refractivity contribution in [2.24, 2.45) is 11.3 Å². The lowest BCUT2D eigenvalue weighted by molar-refractivity contribution is -0.0561. The third-order valence-electron chi connectivity index (χ3n) is 6.76. The van der Waals surface area contributed by atoms with Gasteiger partial charge in [-0.05, 0) is 57.9 Å². The Morgan fingerprint density at radius 1 is 1.18 bits per heavy atom. The summed E-state index contributed by atoms with van der Waals surface area (Å²) in [5, 5.41) is 0. The molecule has 2 aliphatic heterocycles. The monoisotopic (exact) mass is 379 g/mol. The number of hydrogen-bond acceptors (Lipinski definition) is 3. The van der Waals surface area contributed by atoms with E-state index < -0.39 is 5.60 Å². The maximum atomic E-state index is 12.3. The second-order valence-electron chi connectivity index (χ2n) is 9.89. The zero-order chi connectivity index (χ0) is 19.5. The Balaban J connectivity index is 1.25. The van der Waals surface area contributed by atoms with Crippen molar-refractivity contribution in [1.82, 2.24) is 14.5 Å². The second kappa shape index (κ2) is 6.10. The van der Waals surface area contributed by atoms with Crippen LogP contribution in [0.3, 0.4) is 0 Å². The van der Waals surface area contributed by atoms with Gasteiger partial charge in [-0.3, -0.25) is 0 Å². The number of benzene rings is 1. The maximum absolute atomic E-state index is 12.3. The Hall–Kier alpha value is -2.30. The van der Waals surface area contributed by atoms with Crippen LogP contribution in [0.25, 0.3) is 11.3 Å². The van der Waals surface area contributed by atoms with Gasteiger partial charge in [-0.1, -0.05) is 24.3 Å². The Kier molecular flexibility index (Phi) is 3.87. The highest BCUT2D eigenvalue weighted by molar-refractivity contribution is 5.70. The molecule has 1 saturated heterocycles. The van der Waals surface area contributed by atoms with E-state index in [-0.39, 0.29) is 6.09 Å². The van der Waals surface area contributed by atoms with Crippen molar-refractivity contribution in [2.45, 2.75) is 58.1 Å². The highest BCUT2D eigenvalue weighted by Gasteiger charge is 2.49. The molecule has 148 valence electrons. The summed E-state index contributed by atoms with van der Waals surface area (Å²) in [5.41, 5.74) is 3.93. The molecule has 0 radical (unpaired) electrons. The van der Waals surface area contributed by atoms with E-state index in [9.17, 15) is 4.79 Å². The van der Waals surface area contributed by atoms with Crippen molar-refractivity contribution in [2.75, 3.05) is 13.1 Å². The van der Waals surface area contributed by atoms with E-state index in [0.717, 1.165) is 13.1 Å². The molecule has 1 spiro atoms. The van der Waals surface area contributed by atoms with E-state index in [4.69, 9.17) is 4.74 Å². The highest BCUT2D eigenvalue weighted by atomic mass is 16.6. The zero-order valence-electron chi connectivity index (χ0n) is 17.0. The van der Waals surface area contributed by atoms with Gasteiger partial charge in [0.1, 0.15) is 5.60 Å². The number of nitrogens with zero attached hydrogens (tertiary/aromatic N) is 3. The fourth-order valence-electron chi connectivity index (χ4n) is 5.46. The average molecular weight is 380 g/mol. The van der Waals surface area contributed by atoms with Gasteiger partial charge in [0.05, 0.1) is 24.3 Å². The van der Waals surface area contributed by atoms with Crippen LogP contribution in [0.5, 0.6) is 0 Å². The zero-order valence-corrected chi connectivity index (χ0v) is 17.0. The predicted octanol–water partition coefficient (Wildman–Crippen LogP) is 4.88. The molecule has 2 aromatic rings. The van der Waals surface area contributed by atoms with E-state index in [0.29, 0.717) is 17.4 Å². The van der Waals surface area contributed by atoms with E-state index in [1.54, 1.807) is 0 Å². The van der Waals surface area contributed by atoms with Crippen molar-refractivity contribution in [3.8, 4) is 11.3 Å². The number of imidazole rings is 1. The lowest BCUT2D eigenvalue weighted by atomic mass is 9.64. The summed E-state index contributed by atoms with van der Waals surface area (Å²) in [6.45, 7) is 7.48. The summed E-state index contributed by atoms with van der Waals surface area (Å²) < 4.78 is 7.90. The first-order valence-electron chi connectivity index (χ1n) is 10.4. The molecule has 1 unspecified atom stereocenters. The average Bonchev–Trinajstić information content (AvgIpc) is 3.19. The smallest absolute Gasteiger partial charge is 0.410 e. The first kappa shape index (κ1) is 17.8. The molecular weight excluding hydrogens is 350 g/mol. The molecule has 1 aromatic carbocycles. The van der Waals surface area contributed by atoms with Crippen LogP contribution in [0.15, 0.2) is 36.8 Å². The summed E-state index contributed by atoms with van der Waals surface area (Å²) in [6.07, 6.45) is 8.64. The van der Waals surface area contributed by atoms with Crippen LogP contribution in [-0.4, -0.2) is 39.2 Å². The fourth-order valence-corrected chi connectivity index (χ4v) is 5.46. The van der Waals surface area contributed by atoms with E-state index in [1.165, 1.54) is 42.5 Å². The molecule has 1 amide bonds. The number of ether oxygens (including phenoxy) is 1. The molecular formula is C23H29N3O2. The minimum atomic E-state index is -0.421. The van der Waals surface area contributed by atoms with Crippen LogP contribution in [0.4, 0.5) is 4.79 Å². The number of likely N-dealkylation sites (tertiary alicyclic amines) is 1. The summed E-state index contributed by atoms with van der Waals surface area (Å²) in [4.78, 5) is 18.6. The predicted molar refractivity (Wildman–Crippen MR) is 108 cm³/mol. The molecule has 3 heterocycles. The number of aromatic nitrogens is 2. The SMILES string of the molecule is CC(C)(C)OC(=O)N1CC2(CCC(C3c4ccccc4-c4cncn43)CC2)C1. The van der Waals surface area contributed by atoms with Crippen molar-refractivity contribution in [1.29, 1.82) is 0 Å². The van der Waals surface area contributed by atoms with Gasteiger partial charge in [-0.25, -0.2) is 9.78 Å². The van der Waals surface area contributed by atoms with Crippen LogP contribution in [-0.2, 0) is 4.74 Å². The van der Waals surface area contributed by atoms with Gasteiger partial charge in [0.25, 0.3) is 0 Å². The Morgan fingerprint density at radius 3 is 2.61 bits per heavy atom. The van der Waals surface area contributed by atoms with Gasteiger partial charge in [-0.15, -0.1) is 0 Å². The molecule has 5 nitrogen and oxygen atoms in total. The summed E-state index contributed by atoms with van der Waals surface area (Å²) in [5.74, 6) is 0.637.